The fourth-order valence-corrected chi connectivity index (χ4v) is 2.45. The first kappa shape index (κ1) is 13.6. The van der Waals surface area contributed by atoms with Crippen LogP contribution < -0.4 is 5.46 Å². The van der Waals surface area contributed by atoms with Crippen LogP contribution in [0.3, 0.4) is 0 Å². The van der Waals surface area contributed by atoms with E-state index in [0.29, 0.717) is 6.71 Å². The number of rotatable bonds is 3. The third-order valence-corrected chi connectivity index (χ3v) is 3.58. The van der Waals surface area contributed by atoms with Gasteiger partial charge in [-0.1, -0.05) is 73.7 Å². The molecule has 0 unspecified atom stereocenters. The number of hydrogen-bond acceptors (Lipinski definition) is 2. The highest BCUT2D eigenvalue weighted by molar-refractivity contribution is 6.72. The van der Waals surface area contributed by atoms with Gasteiger partial charge in [-0.25, -0.2) is 0 Å². The molecule has 3 rings (SSSR count). The Morgan fingerprint density at radius 2 is 1.43 bits per heavy atom. The molecule has 0 atom stereocenters. The molecule has 0 aliphatic heterocycles. The highest BCUT2D eigenvalue weighted by Crippen LogP contribution is 2.26. The maximum Gasteiger partial charge on any atom is 0.172 e. The molecule has 0 radical (unpaired) electrons. The zero-order valence-corrected chi connectivity index (χ0v) is 12.3. The fourth-order valence-electron chi connectivity index (χ4n) is 2.45. The highest BCUT2D eigenvalue weighted by atomic mass is 15.1. The van der Waals surface area contributed by atoms with Gasteiger partial charge in [-0.05, 0) is 17.5 Å². The second-order valence-corrected chi connectivity index (χ2v) is 5.41. The van der Waals surface area contributed by atoms with E-state index in [9.17, 15) is 0 Å². The number of benzene rings is 3. The molecule has 0 fully saturated rings. The molecule has 0 heterocycles. The van der Waals surface area contributed by atoms with Gasteiger partial charge in [0.1, 0.15) is 0 Å². The van der Waals surface area contributed by atoms with E-state index in [1.54, 1.807) is 0 Å². The third-order valence-electron chi connectivity index (χ3n) is 3.58. The van der Waals surface area contributed by atoms with E-state index < -0.39 is 0 Å². The Bertz CT molecular complexity index is 780. The van der Waals surface area contributed by atoms with Gasteiger partial charge in [0.05, 0.1) is 11.4 Å². The van der Waals surface area contributed by atoms with Crippen LogP contribution in [-0.2, 0) is 0 Å². The molecule has 0 spiro atoms. The van der Waals surface area contributed by atoms with Crippen LogP contribution in [-0.4, -0.2) is 6.71 Å². The lowest BCUT2D eigenvalue weighted by atomic mass is 9.49. The van der Waals surface area contributed by atoms with Crippen molar-refractivity contribution >= 4 is 34.3 Å². The third kappa shape index (κ3) is 2.87. The fraction of sp³-hybridized carbons (Fsp3) is 0.111. The van der Waals surface area contributed by atoms with Crippen LogP contribution in [0.2, 0.25) is 13.6 Å². The first-order valence-electron chi connectivity index (χ1n) is 7.24. The summed E-state index contributed by atoms with van der Waals surface area (Å²) in [6.45, 7) is 4.79. The predicted molar refractivity (Wildman–Crippen MR) is 91.7 cm³/mol. The van der Waals surface area contributed by atoms with Crippen molar-refractivity contribution in [2.45, 2.75) is 13.6 Å². The number of fused-ring (bicyclic) bond motifs is 1. The largest absolute Gasteiger partial charge is 0.172 e. The normalized spacial score (nSPS) is 11.1. The van der Waals surface area contributed by atoms with Gasteiger partial charge in [0, 0.05) is 5.39 Å². The number of azo groups is 1. The second kappa shape index (κ2) is 5.92. The summed E-state index contributed by atoms with van der Waals surface area (Å²) in [5.41, 5.74) is 3.08. The van der Waals surface area contributed by atoms with E-state index >= 15 is 0 Å². The molecule has 21 heavy (non-hydrogen) atoms. The van der Waals surface area contributed by atoms with Crippen LogP contribution >= 0.6 is 0 Å². The van der Waals surface area contributed by atoms with E-state index in [4.69, 9.17) is 0 Å². The number of hydrogen-bond donors (Lipinski definition) is 0. The van der Waals surface area contributed by atoms with E-state index in [1.165, 1.54) is 10.8 Å². The Labute approximate surface area is 125 Å². The van der Waals surface area contributed by atoms with Crippen LogP contribution in [0.5, 0.6) is 0 Å². The molecule has 3 aromatic rings. The van der Waals surface area contributed by atoms with Crippen molar-refractivity contribution in [3.8, 4) is 0 Å². The van der Waals surface area contributed by atoms with Crippen LogP contribution in [0.1, 0.15) is 0 Å². The van der Waals surface area contributed by atoms with Crippen molar-refractivity contribution in [1.29, 1.82) is 0 Å². The van der Waals surface area contributed by atoms with Gasteiger partial charge in [0.2, 0.25) is 0 Å². The first-order valence-corrected chi connectivity index (χ1v) is 7.24. The highest BCUT2D eigenvalue weighted by Gasteiger charge is 2.12. The van der Waals surface area contributed by atoms with Crippen LogP contribution in [0.25, 0.3) is 10.8 Å². The molecule has 0 aliphatic carbocycles. The predicted octanol–water partition coefficient (Wildman–Crippen LogP) is 5.22. The van der Waals surface area contributed by atoms with Crippen molar-refractivity contribution < 1.29 is 0 Å². The van der Waals surface area contributed by atoms with Crippen molar-refractivity contribution in [3.63, 3.8) is 0 Å². The Morgan fingerprint density at radius 3 is 2.19 bits per heavy atom. The average Bonchev–Trinajstić information content (AvgIpc) is 2.53. The lowest BCUT2D eigenvalue weighted by Crippen LogP contribution is -2.22. The van der Waals surface area contributed by atoms with E-state index in [2.05, 4.69) is 54.2 Å². The Kier molecular flexibility index (Phi) is 3.82. The summed E-state index contributed by atoms with van der Waals surface area (Å²) in [4.78, 5) is 0. The first-order chi connectivity index (χ1) is 10.3. The molecule has 0 N–H and O–H groups in total. The lowest BCUT2D eigenvalue weighted by molar-refractivity contribution is 1.25. The minimum Gasteiger partial charge on any atom is -0.151 e. The standard InChI is InChI=1S/C18H17BN2/c1-19(2)17-13-12-14-8-6-7-11-16(14)18(17)21-20-15-9-4-3-5-10-15/h3-13H,1-2H3. The molecule has 0 saturated carbocycles. The van der Waals surface area contributed by atoms with Crippen LogP contribution in [0.15, 0.2) is 77.0 Å². The zero-order chi connectivity index (χ0) is 14.7. The zero-order valence-electron chi connectivity index (χ0n) is 12.3. The van der Waals surface area contributed by atoms with E-state index in [-0.39, 0.29) is 0 Å². The molecule has 0 aromatic heterocycles. The minimum atomic E-state index is 0.416. The van der Waals surface area contributed by atoms with Gasteiger partial charge in [-0.2, -0.15) is 10.2 Å². The van der Waals surface area contributed by atoms with Crippen LogP contribution in [0.4, 0.5) is 11.4 Å². The van der Waals surface area contributed by atoms with Crippen molar-refractivity contribution in [3.05, 3.63) is 66.7 Å². The van der Waals surface area contributed by atoms with Crippen molar-refractivity contribution in [2.75, 3.05) is 0 Å². The van der Waals surface area contributed by atoms with E-state index in [0.717, 1.165) is 16.8 Å². The summed E-state index contributed by atoms with van der Waals surface area (Å²) in [6, 6.07) is 22.5. The summed E-state index contributed by atoms with van der Waals surface area (Å²) in [5.74, 6) is 0. The topological polar surface area (TPSA) is 24.7 Å². The van der Waals surface area contributed by atoms with E-state index in [1.807, 2.05) is 36.4 Å². The second-order valence-electron chi connectivity index (χ2n) is 5.41. The Balaban J connectivity index is 2.15. The van der Waals surface area contributed by atoms with Gasteiger partial charge in [0.15, 0.2) is 6.71 Å². The molecule has 3 aromatic carbocycles. The summed E-state index contributed by atoms with van der Waals surface area (Å²) >= 11 is 0. The lowest BCUT2D eigenvalue weighted by Gasteiger charge is -2.10. The van der Waals surface area contributed by atoms with Gasteiger partial charge < -0.3 is 0 Å². The molecular formula is C18H17BN2. The number of nitrogens with zero attached hydrogens (tertiary/aromatic N) is 2. The van der Waals surface area contributed by atoms with Crippen molar-refractivity contribution in [1.82, 2.24) is 0 Å². The maximum absolute atomic E-state index is 4.55. The molecular weight excluding hydrogens is 255 g/mol. The Hall–Kier alpha value is -2.42. The Morgan fingerprint density at radius 1 is 0.714 bits per heavy atom. The molecule has 0 saturated heterocycles. The molecule has 102 valence electrons. The average molecular weight is 272 g/mol. The summed E-state index contributed by atoms with van der Waals surface area (Å²) in [6.07, 6.45) is 0. The molecule has 3 heteroatoms. The molecule has 2 nitrogen and oxygen atoms in total. The van der Waals surface area contributed by atoms with Gasteiger partial charge in [-0.15, -0.1) is 0 Å². The molecule has 0 amide bonds. The van der Waals surface area contributed by atoms with Crippen LogP contribution in [0, 0.1) is 0 Å². The SMILES string of the molecule is CB(C)c1ccc2ccccc2c1N=Nc1ccccc1. The van der Waals surface area contributed by atoms with Gasteiger partial charge in [-0.3, -0.25) is 0 Å². The van der Waals surface area contributed by atoms with Crippen molar-refractivity contribution in [2.24, 2.45) is 10.2 Å². The van der Waals surface area contributed by atoms with Gasteiger partial charge in [0.25, 0.3) is 0 Å². The van der Waals surface area contributed by atoms with Gasteiger partial charge >= 0.3 is 0 Å². The summed E-state index contributed by atoms with van der Waals surface area (Å²) < 4.78 is 0. The smallest absolute Gasteiger partial charge is 0.151 e. The summed E-state index contributed by atoms with van der Waals surface area (Å²) in [7, 11) is 0. The maximum atomic E-state index is 4.55. The molecule has 0 bridgehead atoms. The monoisotopic (exact) mass is 272 g/mol. The molecule has 0 aliphatic rings. The quantitative estimate of drug-likeness (QED) is 0.461. The summed E-state index contributed by atoms with van der Waals surface area (Å²) in [5, 5.41) is 11.3. The minimum absolute atomic E-state index is 0.416.